The normalized spacial score (nSPS) is 42.6. The maximum absolute atomic E-state index is 12.6. The van der Waals surface area contributed by atoms with Gasteiger partial charge in [-0.25, -0.2) is 0 Å². The van der Waals surface area contributed by atoms with E-state index in [1.54, 1.807) is 30.8 Å². The molecule has 1 spiro atoms. The predicted molar refractivity (Wildman–Crippen MR) is 102 cm³/mol. The molecule has 4 heteroatoms. The molecule has 1 heterocycles. The maximum Gasteiger partial charge on any atom is 0.172 e. The van der Waals surface area contributed by atoms with Crippen LogP contribution in [0.5, 0.6) is 0 Å². The van der Waals surface area contributed by atoms with E-state index in [0.717, 1.165) is 58.2 Å². The highest BCUT2D eigenvalue weighted by Gasteiger charge is 2.63. The van der Waals surface area contributed by atoms with Gasteiger partial charge in [0.15, 0.2) is 11.6 Å². The Balaban J connectivity index is 1.49. The fourth-order valence-corrected chi connectivity index (χ4v) is 7.35. The van der Waals surface area contributed by atoms with E-state index in [1.165, 1.54) is 6.42 Å². The van der Waals surface area contributed by atoms with Gasteiger partial charge >= 0.3 is 0 Å². The van der Waals surface area contributed by atoms with Crippen LogP contribution in [0, 0.1) is 17.3 Å². The van der Waals surface area contributed by atoms with Crippen molar-refractivity contribution in [1.82, 2.24) is 0 Å². The largest absolute Gasteiger partial charge is 0.370 e. The third-order valence-electron chi connectivity index (χ3n) is 8.68. The Morgan fingerprint density at radius 2 is 1.96 bits per heavy atom. The zero-order valence-corrected chi connectivity index (χ0v) is 16.9. The molecule has 0 amide bonds. The van der Waals surface area contributed by atoms with Gasteiger partial charge in [-0.2, -0.15) is 0 Å². The summed E-state index contributed by atoms with van der Waals surface area (Å²) < 4.78 is 17.9. The van der Waals surface area contributed by atoms with Crippen molar-refractivity contribution in [1.29, 1.82) is 0 Å². The van der Waals surface area contributed by atoms with Crippen molar-refractivity contribution in [3.8, 4) is 0 Å². The average Bonchev–Trinajstić information content (AvgIpc) is 3.23. The van der Waals surface area contributed by atoms with Gasteiger partial charge in [0.05, 0.1) is 13.2 Å². The number of fused-ring (bicyclic) bond motifs is 4. The van der Waals surface area contributed by atoms with Crippen molar-refractivity contribution in [2.75, 3.05) is 20.3 Å². The summed E-state index contributed by atoms with van der Waals surface area (Å²) in [4.78, 5) is 12.6. The van der Waals surface area contributed by atoms with Crippen molar-refractivity contribution in [2.24, 2.45) is 17.3 Å². The number of ether oxygens (including phenoxy) is 3. The molecule has 5 aliphatic rings. The molecule has 0 aromatic heterocycles. The molecule has 0 aromatic carbocycles. The molecule has 148 valence electrons. The van der Waals surface area contributed by atoms with Crippen LogP contribution in [0.25, 0.3) is 0 Å². The monoisotopic (exact) mass is 372 g/mol. The lowest BCUT2D eigenvalue weighted by molar-refractivity contribution is -0.164. The van der Waals surface area contributed by atoms with Gasteiger partial charge in [0.1, 0.15) is 5.60 Å². The number of rotatable bonds is 2. The summed E-state index contributed by atoms with van der Waals surface area (Å²) in [6.07, 6.45) is 10.7. The highest BCUT2D eigenvalue weighted by molar-refractivity contribution is 5.86. The molecule has 0 aromatic rings. The number of carbonyl (C=O) groups is 1. The number of ketones is 1. The van der Waals surface area contributed by atoms with E-state index in [0.29, 0.717) is 11.8 Å². The summed E-state index contributed by atoms with van der Waals surface area (Å²) in [6, 6.07) is 0. The van der Waals surface area contributed by atoms with Crippen molar-refractivity contribution < 1.29 is 19.0 Å². The molecule has 1 saturated carbocycles. The van der Waals surface area contributed by atoms with Crippen LogP contribution in [0.2, 0.25) is 0 Å². The first-order chi connectivity index (χ1) is 12.9. The first-order valence-electron chi connectivity index (χ1n) is 10.7. The summed E-state index contributed by atoms with van der Waals surface area (Å²) >= 11 is 0. The summed E-state index contributed by atoms with van der Waals surface area (Å²) in [6.45, 7) is 5.50. The van der Waals surface area contributed by atoms with Crippen LogP contribution in [0.15, 0.2) is 22.8 Å². The number of methoxy groups -OCH3 is 1. The summed E-state index contributed by atoms with van der Waals surface area (Å²) in [7, 11) is 1.73. The standard InChI is InChI=1S/C23H32O4/c1-15(24)23(25-3)11-8-20-19-5-4-16-14-22(26-12-13-27-22)10-7-17(16)18(19)6-9-21(20,23)2/h6,19-20H,4-5,7-14H2,1-3H3/t19-,20+,21+,23+/m1/s1. The van der Waals surface area contributed by atoms with Crippen LogP contribution in [-0.2, 0) is 19.0 Å². The summed E-state index contributed by atoms with van der Waals surface area (Å²) in [5.74, 6) is 1.00. The summed E-state index contributed by atoms with van der Waals surface area (Å²) in [5, 5.41) is 0. The van der Waals surface area contributed by atoms with Gasteiger partial charge in [0, 0.05) is 25.4 Å². The van der Waals surface area contributed by atoms with E-state index in [2.05, 4.69) is 13.0 Å². The van der Waals surface area contributed by atoms with Crippen LogP contribution in [0.4, 0.5) is 0 Å². The third-order valence-corrected chi connectivity index (χ3v) is 8.68. The van der Waals surface area contributed by atoms with Gasteiger partial charge < -0.3 is 14.2 Å². The van der Waals surface area contributed by atoms with Crippen LogP contribution >= 0.6 is 0 Å². The highest BCUT2D eigenvalue weighted by Crippen LogP contribution is 2.64. The number of hydrogen-bond acceptors (Lipinski definition) is 4. The Kier molecular flexibility index (Phi) is 4.03. The quantitative estimate of drug-likeness (QED) is 0.723. The average molecular weight is 373 g/mol. The predicted octanol–water partition coefficient (Wildman–Crippen LogP) is 4.34. The van der Waals surface area contributed by atoms with E-state index < -0.39 is 5.60 Å². The third kappa shape index (κ3) is 2.30. The van der Waals surface area contributed by atoms with Crippen LogP contribution in [-0.4, -0.2) is 37.5 Å². The van der Waals surface area contributed by atoms with E-state index in [1.807, 2.05) is 0 Å². The first-order valence-corrected chi connectivity index (χ1v) is 10.7. The molecule has 4 aliphatic carbocycles. The molecule has 0 bridgehead atoms. The van der Waals surface area contributed by atoms with Gasteiger partial charge in [-0.15, -0.1) is 0 Å². The van der Waals surface area contributed by atoms with Gasteiger partial charge in [0.25, 0.3) is 0 Å². The molecule has 0 N–H and O–H groups in total. The minimum atomic E-state index is -0.601. The van der Waals surface area contributed by atoms with E-state index in [-0.39, 0.29) is 17.0 Å². The zero-order valence-electron chi connectivity index (χ0n) is 16.9. The minimum absolute atomic E-state index is 0.0760. The number of carbonyl (C=O) groups excluding carboxylic acids is 1. The summed E-state index contributed by atoms with van der Waals surface area (Å²) in [5.41, 5.74) is 4.07. The Bertz CT molecular complexity index is 729. The molecule has 0 unspecified atom stereocenters. The lowest BCUT2D eigenvalue weighted by atomic mass is 9.55. The number of hydrogen-bond donors (Lipinski definition) is 0. The smallest absolute Gasteiger partial charge is 0.172 e. The molecular formula is C23H32O4. The second-order valence-electron chi connectivity index (χ2n) is 9.53. The van der Waals surface area contributed by atoms with Gasteiger partial charge in [0.2, 0.25) is 0 Å². The van der Waals surface area contributed by atoms with Crippen LogP contribution in [0.1, 0.15) is 65.2 Å². The maximum atomic E-state index is 12.6. The topological polar surface area (TPSA) is 44.8 Å². The molecule has 0 radical (unpaired) electrons. The van der Waals surface area contributed by atoms with Gasteiger partial charge in [-0.05, 0) is 68.4 Å². The molecule has 27 heavy (non-hydrogen) atoms. The van der Waals surface area contributed by atoms with E-state index in [4.69, 9.17) is 14.2 Å². The molecule has 4 nitrogen and oxygen atoms in total. The second kappa shape index (κ2) is 6.01. The zero-order chi connectivity index (χ0) is 18.9. The van der Waals surface area contributed by atoms with Crippen LogP contribution < -0.4 is 0 Å². The fourth-order valence-electron chi connectivity index (χ4n) is 7.35. The van der Waals surface area contributed by atoms with Crippen molar-refractivity contribution >= 4 is 5.78 Å². The van der Waals surface area contributed by atoms with E-state index in [9.17, 15) is 4.79 Å². The lowest BCUT2D eigenvalue weighted by Crippen LogP contribution is -2.54. The molecular weight excluding hydrogens is 340 g/mol. The Hall–Kier alpha value is -0.970. The van der Waals surface area contributed by atoms with Gasteiger partial charge in [-0.1, -0.05) is 18.6 Å². The Labute approximate surface area is 162 Å². The van der Waals surface area contributed by atoms with Crippen molar-refractivity contribution in [3.05, 3.63) is 22.8 Å². The first kappa shape index (κ1) is 18.1. The number of allylic oxidation sites excluding steroid dienone is 3. The SMILES string of the molecule is CO[C@]1(C(C)=O)CC[C@H]2[C@@H]3CCC4=C(CCC5(C4)OCCO5)C3=CC[C@@]21C. The second-order valence-corrected chi connectivity index (χ2v) is 9.53. The molecule has 5 rings (SSSR count). The minimum Gasteiger partial charge on any atom is -0.370 e. The number of Topliss-reactive ketones (excluding diaryl/α,β-unsaturated/α-hetero) is 1. The van der Waals surface area contributed by atoms with E-state index >= 15 is 0 Å². The molecule has 2 fully saturated rings. The Morgan fingerprint density at radius 1 is 1.19 bits per heavy atom. The molecule has 1 saturated heterocycles. The Morgan fingerprint density at radius 3 is 2.67 bits per heavy atom. The van der Waals surface area contributed by atoms with Crippen LogP contribution in [0.3, 0.4) is 0 Å². The van der Waals surface area contributed by atoms with Crippen molar-refractivity contribution in [2.45, 2.75) is 76.6 Å². The van der Waals surface area contributed by atoms with Crippen molar-refractivity contribution in [3.63, 3.8) is 0 Å². The molecule has 4 atom stereocenters. The lowest BCUT2D eigenvalue weighted by Gasteiger charge is -2.51. The highest BCUT2D eigenvalue weighted by atomic mass is 16.7. The fraction of sp³-hybridized carbons (Fsp3) is 0.783. The molecule has 1 aliphatic heterocycles. The van der Waals surface area contributed by atoms with Gasteiger partial charge in [-0.3, -0.25) is 4.79 Å².